The summed E-state index contributed by atoms with van der Waals surface area (Å²) in [6.07, 6.45) is 0.890. The minimum atomic E-state index is -0.483. The number of pyridine rings is 1. The van der Waals surface area contributed by atoms with Gasteiger partial charge in [-0.15, -0.1) is 0 Å². The van der Waals surface area contributed by atoms with Crippen molar-refractivity contribution in [1.82, 2.24) is 9.47 Å². The summed E-state index contributed by atoms with van der Waals surface area (Å²) < 4.78 is 14.8. The number of likely N-dealkylation sites (tertiary alicyclic amines) is 1. The van der Waals surface area contributed by atoms with E-state index in [4.69, 9.17) is 0 Å². The maximum absolute atomic E-state index is 13.1. The average molecular weight is 461 g/mol. The Morgan fingerprint density at radius 2 is 1.56 bits per heavy atom. The maximum atomic E-state index is 13.1. The van der Waals surface area contributed by atoms with Crippen LogP contribution in [0.3, 0.4) is 0 Å². The fourth-order valence-corrected chi connectivity index (χ4v) is 4.75. The molecule has 0 saturated carbocycles. The lowest BCUT2D eigenvalue weighted by Crippen LogP contribution is -2.50. The van der Waals surface area contributed by atoms with E-state index in [9.17, 15) is 18.8 Å². The topological polar surface area (TPSA) is 95.5 Å². The number of nitrogens with one attached hydrogen (secondary N) is 3. The van der Waals surface area contributed by atoms with E-state index in [2.05, 4.69) is 16.0 Å². The summed E-state index contributed by atoms with van der Waals surface area (Å²) in [5, 5.41) is 8.17. The molecule has 3 heterocycles. The van der Waals surface area contributed by atoms with Crippen molar-refractivity contribution >= 4 is 29.1 Å². The Morgan fingerprint density at radius 3 is 2.32 bits per heavy atom. The van der Waals surface area contributed by atoms with Crippen LogP contribution < -0.4 is 21.5 Å². The molecule has 3 aromatic rings. The molecule has 2 aliphatic rings. The van der Waals surface area contributed by atoms with E-state index in [1.54, 1.807) is 27.7 Å². The number of carbonyl (C=O) groups is 2. The molecule has 2 aromatic carbocycles. The number of rotatable bonds is 3. The molecule has 4 amide bonds. The van der Waals surface area contributed by atoms with Crippen LogP contribution in [0.5, 0.6) is 0 Å². The standard InChI is InChI=1S/C25H24FN5O3/c26-18-6-8-20(9-7-18)28-25(34)30-13-16-12-17(15-30)22-11-10-21(23(32)31(22)14-16)29-24(33)27-19-4-2-1-3-5-19/h1-11,16-17H,12-15H2,(H,28,34)(H2,27,29,33)/t16-,17+/m0/s1. The number of carbonyl (C=O) groups excluding carboxylic acids is 2. The monoisotopic (exact) mass is 461 g/mol. The number of anilines is 3. The summed E-state index contributed by atoms with van der Waals surface area (Å²) in [6.45, 7) is 1.46. The molecule has 0 unspecified atom stereocenters. The second kappa shape index (κ2) is 9.01. The van der Waals surface area contributed by atoms with E-state index in [-0.39, 0.29) is 34.9 Å². The molecular weight excluding hydrogens is 437 g/mol. The molecule has 0 aliphatic carbocycles. The number of benzene rings is 2. The molecule has 0 radical (unpaired) electrons. The lowest BCUT2D eigenvalue weighted by atomic mass is 9.83. The van der Waals surface area contributed by atoms with Crippen molar-refractivity contribution in [2.75, 3.05) is 29.0 Å². The lowest BCUT2D eigenvalue weighted by molar-refractivity contribution is 0.139. The van der Waals surface area contributed by atoms with Gasteiger partial charge in [-0.2, -0.15) is 0 Å². The van der Waals surface area contributed by atoms with Crippen LogP contribution in [0, 0.1) is 11.7 Å². The van der Waals surface area contributed by atoms with Gasteiger partial charge in [-0.25, -0.2) is 14.0 Å². The predicted molar refractivity (Wildman–Crippen MR) is 128 cm³/mol. The molecule has 1 fully saturated rings. The van der Waals surface area contributed by atoms with Crippen molar-refractivity contribution in [3.8, 4) is 0 Å². The molecule has 3 N–H and O–H groups in total. The third-order valence-electron chi connectivity index (χ3n) is 6.27. The number of fused-ring (bicyclic) bond motifs is 4. The number of piperidine rings is 1. The second-order valence-electron chi connectivity index (χ2n) is 8.67. The van der Waals surface area contributed by atoms with Crippen molar-refractivity contribution in [2.24, 2.45) is 5.92 Å². The molecule has 174 valence electrons. The lowest BCUT2D eigenvalue weighted by Gasteiger charge is -2.42. The van der Waals surface area contributed by atoms with Gasteiger partial charge in [-0.05, 0) is 60.9 Å². The Morgan fingerprint density at radius 1 is 0.824 bits per heavy atom. The van der Waals surface area contributed by atoms with Gasteiger partial charge in [-0.3, -0.25) is 4.79 Å². The quantitative estimate of drug-likeness (QED) is 0.543. The number of hydrogen-bond donors (Lipinski definition) is 3. The fraction of sp³-hybridized carbons (Fsp3) is 0.240. The van der Waals surface area contributed by atoms with Crippen molar-refractivity contribution in [3.63, 3.8) is 0 Å². The van der Waals surface area contributed by atoms with E-state index >= 15 is 0 Å². The van der Waals surface area contributed by atoms with Gasteiger partial charge in [0.1, 0.15) is 11.5 Å². The van der Waals surface area contributed by atoms with Crippen LogP contribution in [-0.4, -0.2) is 34.6 Å². The van der Waals surface area contributed by atoms with E-state index in [0.717, 1.165) is 12.1 Å². The first-order valence-corrected chi connectivity index (χ1v) is 11.1. The Kier molecular flexibility index (Phi) is 5.75. The largest absolute Gasteiger partial charge is 0.324 e. The van der Waals surface area contributed by atoms with Crippen LogP contribution >= 0.6 is 0 Å². The summed E-state index contributed by atoms with van der Waals surface area (Å²) in [6, 6.07) is 17.4. The highest BCUT2D eigenvalue weighted by Crippen LogP contribution is 2.35. The van der Waals surface area contributed by atoms with Crippen molar-refractivity contribution in [2.45, 2.75) is 18.9 Å². The van der Waals surface area contributed by atoms with Gasteiger partial charge >= 0.3 is 12.1 Å². The normalized spacial score (nSPS) is 18.6. The number of para-hydroxylation sites is 1. The van der Waals surface area contributed by atoms with Gasteiger partial charge in [0.25, 0.3) is 5.56 Å². The third kappa shape index (κ3) is 4.50. The van der Waals surface area contributed by atoms with E-state index < -0.39 is 6.03 Å². The Bertz CT molecular complexity index is 1280. The Labute approximate surface area is 195 Å². The number of nitrogens with zero attached hydrogens (tertiary/aromatic N) is 2. The number of aromatic nitrogens is 1. The third-order valence-corrected chi connectivity index (χ3v) is 6.27. The van der Waals surface area contributed by atoms with Gasteiger partial charge in [0, 0.05) is 42.6 Å². The van der Waals surface area contributed by atoms with E-state index in [1.165, 1.54) is 24.3 Å². The van der Waals surface area contributed by atoms with E-state index in [1.807, 2.05) is 24.3 Å². The molecule has 9 heteroatoms. The first kappa shape index (κ1) is 21.7. The van der Waals surface area contributed by atoms with Crippen molar-refractivity contribution < 1.29 is 14.0 Å². The van der Waals surface area contributed by atoms with Crippen molar-refractivity contribution in [1.29, 1.82) is 0 Å². The molecular formula is C25H24FN5O3. The first-order chi connectivity index (χ1) is 16.5. The zero-order valence-electron chi connectivity index (χ0n) is 18.3. The summed E-state index contributed by atoms with van der Waals surface area (Å²) >= 11 is 0. The fourth-order valence-electron chi connectivity index (χ4n) is 4.75. The van der Waals surface area contributed by atoms with Gasteiger partial charge < -0.3 is 25.4 Å². The SMILES string of the molecule is O=C(Nc1ccccc1)Nc1ccc2n(c1=O)C[C@H]1C[C@@H]2CN(C(=O)Nc2ccc(F)cc2)C1. The Balaban J connectivity index is 1.29. The van der Waals surface area contributed by atoms with Crippen LogP contribution in [-0.2, 0) is 6.54 Å². The molecule has 0 spiro atoms. The van der Waals surface area contributed by atoms with Crippen LogP contribution in [0.1, 0.15) is 18.0 Å². The molecule has 1 saturated heterocycles. The zero-order chi connectivity index (χ0) is 23.7. The molecule has 34 heavy (non-hydrogen) atoms. The average Bonchev–Trinajstić information content (AvgIpc) is 2.83. The summed E-state index contributed by atoms with van der Waals surface area (Å²) in [4.78, 5) is 40.0. The van der Waals surface area contributed by atoms with Crippen LogP contribution in [0.25, 0.3) is 0 Å². The summed E-state index contributed by atoms with van der Waals surface area (Å²) in [5.74, 6) is -0.221. The molecule has 1 aromatic heterocycles. The highest BCUT2D eigenvalue weighted by Gasteiger charge is 2.36. The summed E-state index contributed by atoms with van der Waals surface area (Å²) in [7, 11) is 0. The number of amides is 4. The maximum Gasteiger partial charge on any atom is 0.323 e. The molecule has 2 bridgehead atoms. The van der Waals surface area contributed by atoms with Gasteiger partial charge in [0.05, 0.1) is 0 Å². The number of hydrogen-bond acceptors (Lipinski definition) is 3. The van der Waals surface area contributed by atoms with Crippen molar-refractivity contribution in [3.05, 3.63) is 88.6 Å². The molecule has 8 nitrogen and oxygen atoms in total. The van der Waals surface area contributed by atoms with Crippen LogP contribution in [0.15, 0.2) is 71.5 Å². The first-order valence-electron chi connectivity index (χ1n) is 11.1. The number of halogens is 1. The second-order valence-corrected chi connectivity index (χ2v) is 8.67. The van der Waals surface area contributed by atoms with Crippen LogP contribution in [0.2, 0.25) is 0 Å². The highest BCUT2D eigenvalue weighted by atomic mass is 19.1. The molecule has 2 aliphatic heterocycles. The van der Waals surface area contributed by atoms with Gasteiger partial charge in [0.2, 0.25) is 0 Å². The highest BCUT2D eigenvalue weighted by molar-refractivity contribution is 5.99. The van der Waals surface area contributed by atoms with Gasteiger partial charge in [0.15, 0.2) is 0 Å². The summed E-state index contributed by atoms with van der Waals surface area (Å²) in [5.41, 5.74) is 1.98. The van der Waals surface area contributed by atoms with Gasteiger partial charge in [-0.1, -0.05) is 18.2 Å². The Hall–Kier alpha value is -4.14. The smallest absolute Gasteiger partial charge is 0.323 e. The molecule has 5 rings (SSSR count). The molecule has 2 atom stereocenters. The predicted octanol–water partition coefficient (Wildman–Crippen LogP) is 4.28. The zero-order valence-corrected chi connectivity index (χ0v) is 18.3. The van der Waals surface area contributed by atoms with Crippen LogP contribution in [0.4, 0.5) is 31.0 Å². The minimum absolute atomic E-state index is 0.0198. The minimum Gasteiger partial charge on any atom is -0.324 e. The van der Waals surface area contributed by atoms with E-state index in [0.29, 0.717) is 31.0 Å². The number of urea groups is 2.